The molecule has 0 unspecified atom stereocenters. The first-order valence-electron chi connectivity index (χ1n) is 7.21. The molecule has 2 aromatic rings. The number of rotatable bonds is 7. The fourth-order valence-corrected chi connectivity index (χ4v) is 2.30. The van der Waals surface area contributed by atoms with Crippen molar-refractivity contribution in [3.8, 4) is 5.75 Å². The van der Waals surface area contributed by atoms with Gasteiger partial charge in [-0.2, -0.15) is 0 Å². The lowest BCUT2D eigenvalue weighted by Gasteiger charge is -2.14. The van der Waals surface area contributed by atoms with Crippen LogP contribution in [0.25, 0.3) is 10.8 Å². The summed E-state index contributed by atoms with van der Waals surface area (Å²) in [6.45, 7) is 6.89. The standard InChI is InChI=1S/C17H23NO/c1-3-5-12-18-13-16-15-9-7-6-8-14(15)10-11-17(16)19-4-2/h6-11,18H,3-5,12-13H2,1-2H3. The first-order valence-corrected chi connectivity index (χ1v) is 7.21. The first-order chi connectivity index (χ1) is 9.36. The van der Waals surface area contributed by atoms with Crippen molar-refractivity contribution in [2.75, 3.05) is 13.2 Å². The van der Waals surface area contributed by atoms with E-state index in [0.717, 1.165) is 18.8 Å². The predicted octanol–water partition coefficient (Wildman–Crippen LogP) is 4.13. The Balaban J connectivity index is 2.27. The Hall–Kier alpha value is -1.54. The maximum Gasteiger partial charge on any atom is 0.124 e. The summed E-state index contributed by atoms with van der Waals surface area (Å²) >= 11 is 0. The highest BCUT2D eigenvalue weighted by Crippen LogP contribution is 2.28. The van der Waals surface area contributed by atoms with Crippen LogP contribution < -0.4 is 10.1 Å². The van der Waals surface area contributed by atoms with E-state index in [1.54, 1.807) is 0 Å². The smallest absolute Gasteiger partial charge is 0.124 e. The van der Waals surface area contributed by atoms with Crippen LogP contribution in [0.4, 0.5) is 0 Å². The van der Waals surface area contributed by atoms with Gasteiger partial charge < -0.3 is 10.1 Å². The van der Waals surface area contributed by atoms with Gasteiger partial charge in [0.2, 0.25) is 0 Å². The molecule has 0 aliphatic rings. The maximum atomic E-state index is 5.76. The van der Waals surface area contributed by atoms with Crippen LogP contribution >= 0.6 is 0 Å². The van der Waals surface area contributed by atoms with Gasteiger partial charge in [0.25, 0.3) is 0 Å². The zero-order chi connectivity index (χ0) is 13.5. The normalized spacial score (nSPS) is 10.8. The largest absolute Gasteiger partial charge is 0.494 e. The number of hydrogen-bond acceptors (Lipinski definition) is 2. The molecule has 0 atom stereocenters. The number of ether oxygens (including phenoxy) is 1. The van der Waals surface area contributed by atoms with Gasteiger partial charge in [-0.25, -0.2) is 0 Å². The van der Waals surface area contributed by atoms with Gasteiger partial charge in [-0.15, -0.1) is 0 Å². The fourth-order valence-electron chi connectivity index (χ4n) is 2.30. The Kier molecular flexibility index (Phi) is 5.22. The van der Waals surface area contributed by atoms with Crippen molar-refractivity contribution in [1.29, 1.82) is 0 Å². The lowest BCUT2D eigenvalue weighted by atomic mass is 10.0. The predicted molar refractivity (Wildman–Crippen MR) is 81.7 cm³/mol. The van der Waals surface area contributed by atoms with E-state index in [4.69, 9.17) is 4.74 Å². The number of fused-ring (bicyclic) bond motifs is 1. The number of benzene rings is 2. The minimum atomic E-state index is 0.709. The summed E-state index contributed by atoms with van der Waals surface area (Å²) < 4.78 is 5.76. The molecule has 2 nitrogen and oxygen atoms in total. The minimum Gasteiger partial charge on any atom is -0.494 e. The van der Waals surface area contributed by atoms with E-state index in [0.29, 0.717) is 6.61 Å². The van der Waals surface area contributed by atoms with Gasteiger partial charge in [0.05, 0.1) is 6.61 Å². The van der Waals surface area contributed by atoms with Gasteiger partial charge in [-0.3, -0.25) is 0 Å². The molecule has 0 aromatic heterocycles. The topological polar surface area (TPSA) is 21.3 Å². The van der Waals surface area contributed by atoms with Crippen LogP contribution in [-0.4, -0.2) is 13.2 Å². The van der Waals surface area contributed by atoms with E-state index in [2.05, 4.69) is 48.6 Å². The average Bonchev–Trinajstić information content (AvgIpc) is 2.45. The van der Waals surface area contributed by atoms with Crippen LogP contribution in [0.3, 0.4) is 0 Å². The summed E-state index contributed by atoms with van der Waals surface area (Å²) in [6, 6.07) is 12.7. The zero-order valence-electron chi connectivity index (χ0n) is 11.9. The molecule has 2 heteroatoms. The molecule has 102 valence electrons. The van der Waals surface area contributed by atoms with E-state index in [-0.39, 0.29) is 0 Å². The van der Waals surface area contributed by atoms with E-state index in [9.17, 15) is 0 Å². The zero-order valence-corrected chi connectivity index (χ0v) is 11.9. The molecule has 2 rings (SSSR count). The summed E-state index contributed by atoms with van der Waals surface area (Å²) in [7, 11) is 0. The van der Waals surface area contributed by atoms with Gasteiger partial charge in [0.1, 0.15) is 5.75 Å². The highest BCUT2D eigenvalue weighted by molar-refractivity contribution is 5.87. The second kappa shape index (κ2) is 7.15. The molecule has 2 aromatic carbocycles. The third kappa shape index (κ3) is 3.48. The third-order valence-electron chi connectivity index (χ3n) is 3.31. The van der Waals surface area contributed by atoms with Crippen LogP contribution in [0.15, 0.2) is 36.4 Å². The van der Waals surface area contributed by atoms with Gasteiger partial charge in [0.15, 0.2) is 0 Å². The van der Waals surface area contributed by atoms with Crippen molar-refractivity contribution < 1.29 is 4.74 Å². The maximum absolute atomic E-state index is 5.76. The molecular weight excluding hydrogens is 234 g/mol. The lowest BCUT2D eigenvalue weighted by Crippen LogP contribution is -2.15. The van der Waals surface area contributed by atoms with Gasteiger partial charge >= 0.3 is 0 Å². The van der Waals surface area contributed by atoms with Crippen molar-refractivity contribution in [2.24, 2.45) is 0 Å². The molecule has 0 amide bonds. The fraction of sp³-hybridized carbons (Fsp3) is 0.412. The molecule has 0 heterocycles. The van der Waals surface area contributed by atoms with Crippen molar-refractivity contribution in [1.82, 2.24) is 5.32 Å². The monoisotopic (exact) mass is 257 g/mol. The number of nitrogens with one attached hydrogen (secondary N) is 1. The van der Waals surface area contributed by atoms with E-state index in [1.165, 1.54) is 29.2 Å². The number of unbranched alkanes of at least 4 members (excludes halogenated alkanes) is 1. The Morgan fingerprint density at radius 1 is 1.05 bits per heavy atom. The highest BCUT2D eigenvalue weighted by Gasteiger charge is 2.07. The van der Waals surface area contributed by atoms with E-state index in [1.807, 2.05) is 6.92 Å². The summed E-state index contributed by atoms with van der Waals surface area (Å²) in [5.41, 5.74) is 1.27. The summed E-state index contributed by atoms with van der Waals surface area (Å²) in [5, 5.41) is 6.08. The molecule has 0 saturated carbocycles. The molecule has 0 spiro atoms. The highest BCUT2D eigenvalue weighted by atomic mass is 16.5. The average molecular weight is 257 g/mol. The van der Waals surface area contributed by atoms with E-state index < -0.39 is 0 Å². The van der Waals surface area contributed by atoms with Crippen molar-refractivity contribution in [2.45, 2.75) is 33.2 Å². The van der Waals surface area contributed by atoms with Crippen LogP contribution in [-0.2, 0) is 6.54 Å². The Morgan fingerprint density at radius 2 is 1.89 bits per heavy atom. The molecule has 0 saturated heterocycles. The molecule has 0 aliphatic carbocycles. The van der Waals surface area contributed by atoms with Crippen LogP contribution in [0.2, 0.25) is 0 Å². The van der Waals surface area contributed by atoms with E-state index >= 15 is 0 Å². The molecule has 1 N–H and O–H groups in total. The number of hydrogen-bond donors (Lipinski definition) is 1. The Labute approximate surface area is 115 Å². The Morgan fingerprint density at radius 3 is 2.68 bits per heavy atom. The second-order valence-electron chi connectivity index (χ2n) is 4.73. The van der Waals surface area contributed by atoms with Crippen molar-refractivity contribution in [3.63, 3.8) is 0 Å². The quantitative estimate of drug-likeness (QED) is 0.753. The second-order valence-corrected chi connectivity index (χ2v) is 4.73. The molecule has 19 heavy (non-hydrogen) atoms. The summed E-state index contributed by atoms with van der Waals surface area (Å²) in [6.07, 6.45) is 2.44. The van der Waals surface area contributed by atoms with Crippen LogP contribution in [0.1, 0.15) is 32.3 Å². The van der Waals surface area contributed by atoms with Crippen LogP contribution in [0, 0.1) is 0 Å². The summed E-state index contributed by atoms with van der Waals surface area (Å²) in [5.74, 6) is 1.00. The van der Waals surface area contributed by atoms with Crippen LogP contribution in [0.5, 0.6) is 5.75 Å². The van der Waals surface area contributed by atoms with Crippen molar-refractivity contribution >= 4 is 10.8 Å². The lowest BCUT2D eigenvalue weighted by molar-refractivity contribution is 0.336. The molecule has 0 fully saturated rings. The minimum absolute atomic E-state index is 0.709. The third-order valence-corrected chi connectivity index (χ3v) is 3.31. The molecule has 0 radical (unpaired) electrons. The Bertz CT molecular complexity index is 522. The van der Waals surface area contributed by atoms with Gasteiger partial charge in [0, 0.05) is 12.1 Å². The molecule has 0 aliphatic heterocycles. The molecular formula is C17H23NO. The SMILES string of the molecule is CCCCNCc1c(OCC)ccc2ccccc12. The molecule has 0 bridgehead atoms. The van der Waals surface area contributed by atoms with Crippen molar-refractivity contribution in [3.05, 3.63) is 42.0 Å². The first kappa shape index (κ1) is 13.9. The summed E-state index contributed by atoms with van der Waals surface area (Å²) in [4.78, 5) is 0. The van der Waals surface area contributed by atoms with Gasteiger partial charge in [-0.1, -0.05) is 43.7 Å². The van der Waals surface area contributed by atoms with Gasteiger partial charge in [-0.05, 0) is 36.7 Å².